The molecule has 0 aliphatic heterocycles. The first kappa shape index (κ1) is 51.8. The molecule has 1 saturated carbocycles. The first-order chi connectivity index (χ1) is 25.5. The van der Waals surface area contributed by atoms with Crippen molar-refractivity contribution in [3.05, 3.63) is 25.3 Å². The summed E-state index contributed by atoms with van der Waals surface area (Å²) in [5.41, 5.74) is -18.9. The second-order valence-electron chi connectivity index (χ2n) is 11.5. The minimum Gasteiger partial charge on any atom is -0.456 e. The Morgan fingerprint density at radius 3 is 1.42 bits per heavy atom. The van der Waals surface area contributed by atoms with Crippen molar-refractivity contribution in [1.29, 1.82) is 0 Å². The molecule has 1 aliphatic rings. The highest BCUT2D eigenvalue weighted by atomic mass is 19.3. The molecule has 0 radical (unpaired) electrons. The van der Waals surface area contributed by atoms with Gasteiger partial charge in [-0.05, 0) is 6.42 Å². The van der Waals surface area contributed by atoms with Crippen LogP contribution in [0.1, 0.15) is 19.3 Å². The third-order valence-corrected chi connectivity index (χ3v) is 7.34. The van der Waals surface area contributed by atoms with Gasteiger partial charge in [-0.25, -0.2) is 27.2 Å². The number of ether oxygens (including phenoxy) is 7. The van der Waals surface area contributed by atoms with Gasteiger partial charge in [0.05, 0.1) is 32.8 Å². The minimum absolute atomic E-state index is 0.195. The van der Waals surface area contributed by atoms with Gasteiger partial charge in [0.25, 0.3) is 0 Å². The van der Waals surface area contributed by atoms with E-state index in [2.05, 4.69) is 46.3 Å². The number of carbonyl (C=O) groups is 2. The Bertz CT molecular complexity index is 1400. The Morgan fingerprint density at radius 1 is 0.614 bits per heavy atom. The molecule has 334 valence electrons. The maximum absolute atomic E-state index is 15.8. The zero-order valence-corrected chi connectivity index (χ0v) is 28.1. The topological polar surface area (TPSA) is 98.8 Å². The molecule has 0 aromatic rings. The molecule has 0 spiro atoms. The number of esters is 2. The van der Waals surface area contributed by atoms with E-state index in [1.54, 1.807) is 0 Å². The molecular weight excluding hydrogens is 860 g/mol. The summed E-state index contributed by atoms with van der Waals surface area (Å²) in [4.78, 5) is 21.6. The highest BCUT2D eigenvalue weighted by molar-refractivity contribution is 5.81. The zero-order chi connectivity index (χ0) is 44.8. The van der Waals surface area contributed by atoms with Gasteiger partial charge < -0.3 is 28.4 Å². The molecule has 29 heteroatoms. The summed E-state index contributed by atoms with van der Waals surface area (Å²) < 4.78 is 313. The molecule has 0 amide bonds. The fourth-order valence-electron chi connectivity index (χ4n) is 4.35. The van der Waals surface area contributed by atoms with Crippen molar-refractivity contribution in [2.24, 2.45) is 0 Å². The predicted octanol–water partition coefficient (Wildman–Crippen LogP) is 7.68. The first-order valence-corrected chi connectivity index (χ1v) is 14.9. The Labute approximate surface area is 306 Å². The number of carbonyl (C=O) groups excluding carboxylic acids is 2. The Morgan fingerprint density at radius 2 is 1.02 bits per heavy atom. The number of alkyl halides is 20. The van der Waals surface area contributed by atoms with Crippen LogP contribution in [0.25, 0.3) is 0 Å². The van der Waals surface area contributed by atoms with Crippen molar-refractivity contribution < 1.29 is 131 Å². The van der Waals surface area contributed by atoms with E-state index in [0.717, 1.165) is 0 Å². The van der Waals surface area contributed by atoms with Crippen LogP contribution in [-0.2, 0) is 42.7 Å². The van der Waals surface area contributed by atoms with Crippen molar-refractivity contribution in [3.63, 3.8) is 0 Å². The minimum atomic E-state index is -7.68. The van der Waals surface area contributed by atoms with E-state index in [4.69, 9.17) is 0 Å². The maximum Gasteiger partial charge on any atom is 0.422 e. The van der Waals surface area contributed by atoms with Crippen molar-refractivity contribution in [2.45, 2.75) is 84.4 Å². The molecule has 0 bridgehead atoms. The number of hydrogen-bond donors (Lipinski definition) is 0. The van der Waals surface area contributed by atoms with Gasteiger partial charge in [0.2, 0.25) is 11.3 Å². The Hall–Kier alpha value is -3.18. The third-order valence-electron chi connectivity index (χ3n) is 7.34. The van der Waals surface area contributed by atoms with Crippen molar-refractivity contribution >= 4 is 11.9 Å². The monoisotopic (exact) mass is 888 g/mol. The molecule has 3 atom stereocenters. The van der Waals surface area contributed by atoms with E-state index < -0.39 is 149 Å². The van der Waals surface area contributed by atoms with Gasteiger partial charge in [-0.3, -0.25) is 4.74 Å². The molecule has 0 aromatic carbocycles. The normalized spacial score (nSPS) is 24.5. The lowest BCUT2D eigenvalue weighted by molar-refractivity contribution is -0.492. The Kier molecular flexibility index (Phi) is 16.4. The lowest BCUT2D eigenvalue weighted by Gasteiger charge is -2.55. The second-order valence-corrected chi connectivity index (χ2v) is 11.5. The van der Waals surface area contributed by atoms with Crippen LogP contribution in [0, 0.1) is 0 Å². The summed E-state index contributed by atoms with van der Waals surface area (Å²) in [5.74, 6) is -28.5. The van der Waals surface area contributed by atoms with E-state index in [9.17, 15) is 66.7 Å². The van der Waals surface area contributed by atoms with Crippen LogP contribution < -0.4 is 0 Å². The summed E-state index contributed by atoms with van der Waals surface area (Å²) in [7, 11) is 0. The highest BCUT2D eigenvalue weighted by Crippen LogP contribution is 2.68. The molecule has 0 N–H and O–H groups in total. The third kappa shape index (κ3) is 10.9. The zero-order valence-electron chi connectivity index (χ0n) is 28.1. The average Bonchev–Trinajstić information content (AvgIpc) is 3.07. The number of hydrogen-bond acceptors (Lipinski definition) is 9. The molecule has 0 aromatic heterocycles. The van der Waals surface area contributed by atoms with E-state index in [0.29, 0.717) is 6.08 Å². The molecule has 9 nitrogen and oxygen atoms in total. The van der Waals surface area contributed by atoms with E-state index in [-0.39, 0.29) is 6.08 Å². The SMILES string of the molecule is C=CC(=O)OCC(F)(F)C(F)(F)OCCCOCC1(F)CC(F)(COCF)C(F)(F)C(F)(C(F)(F)OC(F)(F)CCOC(F)(F)C(F)(F)COC(=O)C=C)C1(F)F. The van der Waals surface area contributed by atoms with Crippen molar-refractivity contribution in [3.8, 4) is 0 Å². The summed E-state index contributed by atoms with van der Waals surface area (Å²) in [6.45, 7) is -13.0. The molecule has 1 fully saturated rings. The van der Waals surface area contributed by atoms with Crippen LogP contribution >= 0.6 is 0 Å². The fraction of sp³-hybridized carbons (Fsp3) is 0.786. The van der Waals surface area contributed by atoms with E-state index in [1.807, 2.05) is 0 Å². The van der Waals surface area contributed by atoms with Gasteiger partial charge in [0.15, 0.2) is 20.1 Å². The predicted molar refractivity (Wildman–Crippen MR) is 143 cm³/mol. The number of halogens is 20. The van der Waals surface area contributed by atoms with Crippen LogP contribution in [0.4, 0.5) is 87.8 Å². The fourth-order valence-corrected chi connectivity index (χ4v) is 4.35. The standard InChI is InChI=1S/C28H28F20O9/c1-3-16(49)53-13-20(32,33)26(43,44)55-8-5-7-51-11-18(30)10-19(31,12-52-15-29)25(41,42)23(38,24(18,39)40)28(47,48)57-22(36,37)6-9-56-27(45,46)21(34,35)14-54-17(50)4-2/h3-4H,1-2,5-15H2. The van der Waals surface area contributed by atoms with Crippen LogP contribution in [0.3, 0.4) is 0 Å². The molecule has 0 heterocycles. The van der Waals surface area contributed by atoms with Gasteiger partial charge in [-0.1, -0.05) is 13.2 Å². The summed E-state index contributed by atoms with van der Waals surface area (Å²) in [6.07, 6.45) is -32.1. The molecule has 3 unspecified atom stereocenters. The summed E-state index contributed by atoms with van der Waals surface area (Å²) >= 11 is 0. The molecule has 1 rings (SSSR count). The average molecular weight is 888 g/mol. The molecule has 57 heavy (non-hydrogen) atoms. The quantitative estimate of drug-likeness (QED) is 0.0396. The smallest absolute Gasteiger partial charge is 0.422 e. The van der Waals surface area contributed by atoms with Gasteiger partial charge in [-0.2, -0.15) is 70.2 Å². The largest absolute Gasteiger partial charge is 0.456 e. The van der Waals surface area contributed by atoms with E-state index >= 15 is 30.7 Å². The van der Waals surface area contributed by atoms with Crippen molar-refractivity contribution in [1.82, 2.24) is 0 Å². The van der Waals surface area contributed by atoms with Gasteiger partial charge in [0, 0.05) is 25.2 Å². The van der Waals surface area contributed by atoms with Crippen molar-refractivity contribution in [2.75, 3.05) is 53.1 Å². The lowest BCUT2D eigenvalue weighted by Crippen LogP contribution is -2.84. The second kappa shape index (κ2) is 18.0. The van der Waals surface area contributed by atoms with Crippen LogP contribution in [0.5, 0.6) is 0 Å². The first-order valence-electron chi connectivity index (χ1n) is 14.9. The van der Waals surface area contributed by atoms with Crippen LogP contribution in [0.2, 0.25) is 0 Å². The number of rotatable bonds is 25. The molecule has 0 saturated heterocycles. The molecule has 1 aliphatic carbocycles. The lowest BCUT2D eigenvalue weighted by atomic mass is 9.64. The highest BCUT2D eigenvalue weighted by Gasteiger charge is 2.96. The maximum atomic E-state index is 15.8. The van der Waals surface area contributed by atoms with Crippen LogP contribution in [0.15, 0.2) is 25.3 Å². The Balaban J connectivity index is 3.31. The van der Waals surface area contributed by atoms with Gasteiger partial charge >= 0.3 is 65.7 Å². The van der Waals surface area contributed by atoms with Crippen LogP contribution in [-0.4, -0.2) is 130 Å². The van der Waals surface area contributed by atoms with E-state index in [1.165, 1.54) is 0 Å². The summed E-state index contributed by atoms with van der Waals surface area (Å²) in [5, 5.41) is 0. The summed E-state index contributed by atoms with van der Waals surface area (Å²) in [6, 6.07) is 0. The van der Waals surface area contributed by atoms with Gasteiger partial charge in [-0.15, -0.1) is 0 Å². The molecular formula is C28H28F20O9. The van der Waals surface area contributed by atoms with Gasteiger partial charge in [0.1, 0.15) is 0 Å².